The molecule has 0 radical (unpaired) electrons. The molecule has 2 unspecified atom stereocenters. The largest absolute Gasteiger partial charge is 0.344 e. The van der Waals surface area contributed by atoms with Crippen LogP contribution in [0.2, 0.25) is 0 Å². The molecule has 1 fully saturated rings. The molecule has 1 aromatic heterocycles. The molecule has 0 aliphatic carbocycles. The smallest absolute Gasteiger partial charge is 0.0486 e. The Hall–Kier alpha value is -2.06. The molecular formula is C23H26N2. The third-order valence-corrected chi connectivity index (χ3v) is 6.41. The van der Waals surface area contributed by atoms with E-state index >= 15 is 0 Å². The van der Waals surface area contributed by atoms with E-state index in [9.17, 15) is 0 Å². The number of aryl methyl sites for hydroxylation is 2. The lowest BCUT2D eigenvalue weighted by atomic mass is 9.97. The molecule has 2 heteroatoms. The summed E-state index contributed by atoms with van der Waals surface area (Å²) < 4.78 is 2.64. The highest BCUT2D eigenvalue weighted by Gasteiger charge is 2.40. The molecule has 25 heavy (non-hydrogen) atoms. The minimum Gasteiger partial charge on any atom is -0.344 e. The number of hydrogen-bond acceptors (Lipinski definition) is 1. The van der Waals surface area contributed by atoms with Gasteiger partial charge in [-0.1, -0.05) is 48.5 Å². The van der Waals surface area contributed by atoms with Crippen LogP contribution in [-0.4, -0.2) is 22.6 Å². The Morgan fingerprint density at radius 3 is 2.64 bits per heavy atom. The maximum absolute atomic E-state index is 2.64. The summed E-state index contributed by atoms with van der Waals surface area (Å²) in [4.78, 5) is 2.63. The zero-order chi connectivity index (χ0) is 16.8. The average Bonchev–Trinajstić information content (AvgIpc) is 3.07. The molecule has 0 amide bonds. The Morgan fingerprint density at radius 1 is 0.960 bits per heavy atom. The number of aromatic nitrogens is 1. The highest BCUT2D eigenvalue weighted by atomic mass is 15.2. The van der Waals surface area contributed by atoms with Crippen molar-refractivity contribution >= 4 is 10.9 Å². The van der Waals surface area contributed by atoms with E-state index in [4.69, 9.17) is 0 Å². The third-order valence-electron chi connectivity index (χ3n) is 6.41. The van der Waals surface area contributed by atoms with Crippen molar-refractivity contribution in [1.82, 2.24) is 9.47 Å². The lowest BCUT2D eigenvalue weighted by Gasteiger charge is -2.32. The van der Waals surface area contributed by atoms with Crippen molar-refractivity contribution in [1.29, 1.82) is 0 Å². The quantitative estimate of drug-likeness (QED) is 0.656. The van der Waals surface area contributed by atoms with Crippen molar-refractivity contribution in [3.05, 3.63) is 71.4 Å². The summed E-state index contributed by atoms with van der Waals surface area (Å²) in [6.45, 7) is 1.13. The number of benzene rings is 2. The van der Waals surface area contributed by atoms with E-state index < -0.39 is 0 Å². The van der Waals surface area contributed by atoms with Crippen molar-refractivity contribution in [3.63, 3.8) is 0 Å². The van der Waals surface area contributed by atoms with Gasteiger partial charge < -0.3 is 4.57 Å². The summed E-state index contributed by atoms with van der Waals surface area (Å²) in [5.41, 5.74) is 6.15. The van der Waals surface area contributed by atoms with Crippen LogP contribution in [0.1, 0.15) is 42.1 Å². The van der Waals surface area contributed by atoms with Crippen LogP contribution in [0.3, 0.4) is 0 Å². The lowest BCUT2D eigenvalue weighted by Crippen LogP contribution is -2.34. The molecule has 1 saturated heterocycles. The van der Waals surface area contributed by atoms with E-state index in [0.29, 0.717) is 6.04 Å². The fourth-order valence-corrected chi connectivity index (χ4v) is 5.15. The molecule has 3 heterocycles. The third kappa shape index (κ3) is 2.43. The molecule has 0 N–H and O–H groups in total. The zero-order valence-corrected chi connectivity index (χ0v) is 15.0. The van der Waals surface area contributed by atoms with Crippen LogP contribution < -0.4 is 0 Å². The van der Waals surface area contributed by atoms with Gasteiger partial charge in [-0.05, 0) is 49.9 Å². The highest BCUT2D eigenvalue weighted by molar-refractivity contribution is 5.86. The molecular weight excluding hydrogens is 304 g/mol. The number of hydrogen-bond donors (Lipinski definition) is 0. The molecule has 128 valence electrons. The predicted molar refractivity (Wildman–Crippen MR) is 104 cm³/mol. The summed E-state index contributed by atoms with van der Waals surface area (Å²) in [6, 6.07) is 21.3. The van der Waals surface area contributed by atoms with E-state index in [1.807, 2.05) is 0 Å². The molecule has 3 aromatic rings. The first-order valence-electron chi connectivity index (χ1n) is 9.69. The first kappa shape index (κ1) is 15.2. The monoisotopic (exact) mass is 330 g/mol. The molecule has 2 nitrogen and oxygen atoms in total. The van der Waals surface area contributed by atoms with Crippen molar-refractivity contribution in [2.45, 2.75) is 50.7 Å². The minimum atomic E-state index is 0.633. The van der Waals surface area contributed by atoms with E-state index in [-0.39, 0.29) is 0 Å². The fourth-order valence-electron chi connectivity index (χ4n) is 5.15. The van der Waals surface area contributed by atoms with Crippen LogP contribution in [0.4, 0.5) is 0 Å². The topological polar surface area (TPSA) is 8.17 Å². The Kier molecular flexibility index (Phi) is 3.67. The second-order valence-corrected chi connectivity index (χ2v) is 7.73. The Morgan fingerprint density at radius 2 is 1.76 bits per heavy atom. The fraction of sp³-hybridized carbons (Fsp3) is 0.391. The minimum absolute atomic E-state index is 0.633. The number of fused-ring (bicyclic) bond motifs is 6. The molecule has 5 rings (SSSR count). The van der Waals surface area contributed by atoms with Crippen molar-refractivity contribution in [2.24, 2.45) is 0 Å². The summed E-state index contributed by atoms with van der Waals surface area (Å²) in [5, 5.41) is 1.49. The van der Waals surface area contributed by atoms with Gasteiger partial charge in [-0.2, -0.15) is 0 Å². The Bertz CT molecular complexity index is 893. The van der Waals surface area contributed by atoms with Gasteiger partial charge in [0.1, 0.15) is 0 Å². The van der Waals surface area contributed by atoms with Gasteiger partial charge in [-0.25, -0.2) is 0 Å². The van der Waals surface area contributed by atoms with Gasteiger partial charge in [-0.3, -0.25) is 4.90 Å². The zero-order valence-electron chi connectivity index (χ0n) is 15.0. The van der Waals surface area contributed by atoms with Crippen molar-refractivity contribution < 1.29 is 0 Å². The second-order valence-electron chi connectivity index (χ2n) is 7.73. The maximum atomic E-state index is 2.64. The number of likely N-dealkylation sites (N-methyl/N-ethyl adjacent to an activating group) is 1. The van der Waals surface area contributed by atoms with Crippen LogP contribution in [0.15, 0.2) is 54.6 Å². The number of para-hydroxylation sites is 1. The number of nitrogens with zero attached hydrogens (tertiary/aromatic N) is 2. The van der Waals surface area contributed by atoms with Gasteiger partial charge in [0.2, 0.25) is 0 Å². The van der Waals surface area contributed by atoms with Gasteiger partial charge in [-0.15, -0.1) is 0 Å². The first-order valence-corrected chi connectivity index (χ1v) is 9.69. The highest BCUT2D eigenvalue weighted by Crippen LogP contribution is 2.46. The molecule has 2 aliphatic rings. The van der Waals surface area contributed by atoms with Crippen molar-refractivity contribution in [2.75, 3.05) is 7.05 Å². The molecule has 0 spiro atoms. The van der Waals surface area contributed by atoms with E-state index in [1.54, 1.807) is 11.3 Å². The van der Waals surface area contributed by atoms with Gasteiger partial charge in [0.15, 0.2) is 0 Å². The van der Waals surface area contributed by atoms with E-state index in [2.05, 4.69) is 71.1 Å². The van der Waals surface area contributed by atoms with Crippen LogP contribution in [0, 0.1) is 0 Å². The summed E-state index contributed by atoms with van der Waals surface area (Å²) >= 11 is 0. The van der Waals surface area contributed by atoms with Crippen LogP contribution in [-0.2, 0) is 19.4 Å². The summed E-state index contributed by atoms with van der Waals surface area (Å²) in [7, 11) is 2.33. The molecule has 2 aromatic carbocycles. The summed E-state index contributed by atoms with van der Waals surface area (Å²) in [5.74, 6) is 0. The average molecular weight is 330 g/mol. The molecule has 2 atom stereocenters. The first-order chi connectivity index (χ1) is 12.3. The van der Waals surface area contributed by atoms with Crippen LogP contribution >= 0.6 is 0 Å². The normalized spacial score (nSPS) is 22.4. The summed E-state index contributed by atoms with van der Waals surface area (Å²) in [6.07, 6.45) is 6.28. The van der Waals surface area contributed by atoms with Gasteiger partial charge in [0.05, 0.1) is 0 Å². The Balaban J connectivity index is 1.50. The SMILES string of the molecule is CN1C2CCC1c1c(n(CCCc3ccccc3)c3ccccc13)C2. The van der Waals surface area contributed by atoms with Gasteiger partial charge in [0, 0.05) is 41.6 Å². The van der Waals surface area contributed by atoms with E-state index in [1.165, 1.54) is 42.1 Å². The van der Waals surface area contributed by atoms with Crippen LogP contribution in [0.25, 0.3) is 10.9 Å². The second kappa shape index (κ2) is 6.03. The predicted octanol–water partition coefficient (Wildman–Crippen LogP) is 4.97. The molecule has 0 saturated carbocycles. The van der Waals surface area contributed by atoms with Crippen LogP contribution in [0.5, 0.6) is 0 Å². The number of rotatable bonds is 4. The molecule has 2 aliphatic heterocycles. The Labute approximate surface area is 150 Å². The van der Waals surface area contributed by atoms with Gasteiger partial charge >= 0.3 is 0 Å². The standard InChI is InChI=1S/C23H26N2/c1-24-18-13-14-21(24)23-19-11-5-6-12-20(19)25(22(23)16-18)15-7-10-17-8-3-2-4-9-17/h2-6,8-9,11-12,18,21H,7,10,13-16H2,1H3. The lowest BCUT2D eigenvalue weighted by molar-refractivity contribution is 0.222. The molecule has 2 bridgehead atoms. The van der Waals surface area contributed by atoms with E-state index in [0.717, 1.165) is 19.0 Å². The maximum Gasteiger partial charge on any atom is 0.0486 e. The van der Waals surface area contributed by atoms with Gasteiger partial charge in [0.25, 0.3) is 0 Å². The van der Waals surface area contributed by atoms with Crippen molar-refractivity contribution in [3.8, 4) is 0 Å².